The third kappa shape index (κ3) is 1.93. The zero-order valence-corrected chi connectivity index (χ0v) is 11.8. The molecule has 0 amide bonds. The summed E-state index contributed by atoms with van der Waals surface area (Å²) in [5.74, 6) is 0.509. The van der Waals surface area contributed by atoms with Gasteiger partial charge >= 0.3 is 0 Å². The molecule has 1 aromatic heterocycles. The van der Waals surface area contributed by atoms with Crippen molar-refractivity contribution in [2.45, 2.75) is 18.9 Å². The predicted octanol–water partition coefficient (Wildman–Crippen LogP) is 1.84. The van der Waals surface area contributed by atoms with Crippen LogP contribution in [-0.4, -0.2) is 28.1 Å². The van der Waals surface area contributed by atoms with E-state index < -0.39 is 4.92 Å². The predicted molar refractivity (Wildman–Crippen MR) is 83.4 cm³/mol. The molecule has 0 bridgehead atoms. The van der Waals surface area contributed by atoms with Crippen LogP contribution >= 0.6 is 0 Å². The van der Waals surface area contributed by atoms with Crippen LogP contribution in [0.25, 0.3) is 11.1 Å². The molecule has 0 saturated heterocycles. The number of nitro groups is 1. The molecule has 0 atom stereocenters. The van der Waals surface area contributed by atoms with Crippen LogP contribution in [0.5, 0.6) is 0 Å². The first kappa shape index (κ1) is 12.9. The number of rotatable bonds is 3. The Balaban J connectivity index is 1.77. The standard InChI is InChI=1S/C15H15N5O2/c16-15-14-13(10-1-3-12(4-2-10)20(21)22)7-8-18(14)19(9-17-15)11-5-6-11/h1-4,7-8,11H,5-6,9H2,(H2,16,17). The van der Waals surface area contributed by atoms with E-state index in [1.165, 1.54) is 25.0 Å². The van der Waals surface area contributed by atoms with Gasteiger partial charge in [0.05, 0.1) is 4.92 Å². The highest BCUT2D eigenvalue weighted by Crippen LogP contribution is 2.32. The highest BCUT2D eigenvalue weighted by Gasteiger charge is 2.33. The molecule has 1 aromatic carbocycles. The van der Waals surface area contributed by atoms with E-state index in [4.69, 9.17) is 5.73 Å². The van der Waals surface area contributed by atoms with Crippen molar-refractivity contribution < 1.29 is 4.92 Å². The van der Waals surface area contributed by atoms with Crippen molar-refractivity contribution in [1.29, 1.82) is 0 Å². The molecule has 7 nitrogen and oxygen atoms in total. The number of benzene rings is 1. The number of hydrogen-bond donors (Lipinski definition) is 1. The smallest absolute Gasteiger partial charge is 0.269 e. The summed E-state index contributed by atoms with van der Waals surface area (Å²) >= 11 is 0. The first-order valence-corrected chi connectivity index (χ1v) is 7.18. The lowest BCUT2D eigenvalue weighted by atomic mass is 10.1. The molecule has 112 valence electrons. The monoisotopic (exact) mass is 297 g/mol. The molecule has 22 heavy (non-hydrogen) atoms. The zero-order valence-electron chi connectivity index (χ0n) is 11.8. The van der Waals surface area contributed by atoms with E-state index in [9.17, 15) is 10.1 Å². The number of fused-ring (bicyclic) bond motifs is 1. The van der Waals surface area contributed by atoms with Crippen LogP contribution in [0.2, 0.25) is 0 Å². The zero-order chi connectivity index (χ0) is 15.3. The number of nitro benzene ring substituents is 1. The largest absolute Gasteiger partial charge is 0.382 e. The number of aromatic nitrogens is 1. The van der Waals surface area contributed by atoms with Gasteiger partial charge in [0.2, 0.25) is 0 Å². The summed E-state index contributed by atoms with van der Waals surface area (Å²) in [5.41, 5.74) is 8.88. The Labute approximate surface area is 126 Å². The molecule has 2 N–H and O–H groups in total. The van der Waals surface area contributed by atoms with Crippen LogP contribution < -0.4 is 10.7 Å². The molecule has 7 heteroatoms. The van der Waals surface area contributed by atoms with Gasteiger partial charge < -0.3 is 5.73 Å². The Bertz CT molecular complexity index is 774. The van der Waals surface area contributed by atoms with Crippen LogP contribution in [0, 0.1) is 10.1 Å². The molecule has 0 radical (unpaired) electrons. The lowest BCUT2D eigenvalue weighted by Gasteiger charge is -2.30. The molecule has 4 rings (SSSR count). The lowest BCUT2D eigenvalue weighted by Crippen LogP contribution is -2.43. The number of amidine groups is 1. The maximum absolute atomic E-state index is 10.8. The quantitative estimate of drug-likeness (QED) is 0.691. The highest BCUT2D eigenvalue weighted by molar-refractivity contribution is 6.03. The van der Waals surface area contributed by atoms with Gasteiger partial charge in [0, 0.05) is 29.9 Å². The summed E-state index contributed by atoms with van der Waals surface area (Å²) < 4.78 is 2.07. The summed E-state index contributed by atoms with van der Waals surface area (Å²) in [5, 5.41) is 13.0. The summed E-state index contributed by atoms with van der Waals surface area (Å²) in [6.45, 7) is 0.581. The molecular formula is C15H15N5O2. The van der Waals surface area contributed by atoms with E-state index in [-0.39, 0.29) is 5.69 Å². The van der Waals surface area contributed by atoms with Crippen molar-refractivity contribution in [2.24, 2.45) is 10.7 Å². The number of hydrogen-bond acceptors (Lipinski definition) is 5. The maximum atomic E-state index is 10.8. The molecule has 2 heterocycles. The Hall–Kier alpha value is -2.83. The van der Waals surface area contributed by atoms with Crippen molar-refractivity contribution in [1.82, 2.24) is 4.68 Å². The number of nitrogens with zero attached hydrogens (tertiary/aromatic N) is 4. The van der Waals surface area contributed by atoms with Crippen molar-refractivity contribution >= 4 is 11.5 Å². The second-order valence-corrected chi connectivity index (χ2v) is 5.58. The van der Waals surface area contributed by atoms with Gasteiger partial charge in [0.15, 0.2) is 0 Å². The van der Waals surface area contributed by atoms with Gasteiger partial charge in [-0.3, -0.25) is 19.8 Å². The van der Waals surface area contributed by atoms with Gasteiger partial charge in [0.25, 0.3) is 5.69 Å². The molecule has 1 fully saturated rings. The van der Waals surface area contributed by atoms with E-state index in [0.717, 1.165) is 16.8 Å². The minimum Gasteiger partial charge on any atom is -0.382 e. The number of non-ortho nitro benzene ring substituents is 1. The normalized spacial score (nSPS) is 17.1. The molecule has 1 aliphatic carbocycles. The molecule has 1 saturated carbocycles. The average molecular weight is 297 g/mol. The van der Waals surface area contributed by atoms with Gasteiger partial charge in [-0.1, -0.05) is 0 Å². The Morgan fingerprint density at radius 2 is 1.95 bits per heavy atom. The van der Waals surface area contributed by atoms with Crippen molar-refractivity contribution in [3.05, 3.63) is 52.3 Å². The SMILES string of the molecule is NC1=NCN(C2CC2)n2ccc(-c3ccc([N+](=O)[O-])cc3)c21. The Morgan fingerprint density at radius 3 is 2.59 bits per heavy atom. The summed E-state index contributed by atoms with van der Waals surface area (Å²) in [7, 11) is 0. The molecule has 2 aliphatic rings. The lowest BCUT2D eigenvalue weighted by molar-refractivity contribution is -0.384. The molecular weight excluding hydrogens is 282 g/mol. The van der Waals surface area contributed by atoms with E-state index in [1.807, 2.05) is 12.3 Å². The van der Waals surface area contributed by atoms with Crippen LogP contribution in [0.4, 0.5) is 5.69 Å². The highest BCUT2D eigenvalue weighted by atomic mass is 16.6. The van der Waals surface area contributed by atoms with Gasteiger partial charge in [0.1, 0.15) is 18.2 Å². The maximum Gasteiger partial charge on any atom is 0.269 e. The first-order chi connectivity index (χ1) is 10.6. The van der Waals surface area contributed by atoms with Crippen molar-refractivity contribution in [3.63, 3.8) is 0 Å². The van der Waals surface area contributed by atoms with Gasteiger partial charge in [-0.15, -0.1) is 0 Å². The first-order valence-electron chi connectivity index (χ1n) is 7.18. The van der Waals surface area contributed by atoms with Crippen LogP contribution in [0.3, 0.4) is 0 Å². The van der Waals surface area contributed by atoms with E-state index in [0.29, 0.717) is 18.5 Å². The number of aliphatic imine (C=N–C) groups is 1. The number of nitrogens with two attached hydrogens (primary N) is 1. The van der Waals surface area contributed by atoms with E-state index in [2.05, 4.69) is 14.7 Å². The second kappa shape index (κ2) is 4.59. The van der Waals surface area contributed by atoms with Crippen LogP contribution in [0.1, 0.15) is 18.5 Å². The fourth-order valence-electron chi connectivity index (χ4n) is 2.84. The van der Waals surface area contributed by atoms with Crippen molar-refractivity contribution in [2.75, 3.05) is 11.7 Å². The van der Waals surface area contributed by atoms with Crippen molar-refractivity contribution in [3.8, 4) is 11.1 Å². The topological polar surface area (TPSA) is 89.7 Å². The molecule has 2 aromatic rings. The second-order valence-electron chi connectivity index (χ2n) is 5.58. The van der Waals surface area contributed by atoms with Crippen LogP contribution in [-0.2, 0) is 0 Å². The van der Waals surface area contributed by atoms with E-state index >= 15 is 0 Å². The van der Waals surface area contributed by atoms with Gasteiger partial charge in [-0.05, 0) is 36.6 Å². The third-order valence-corrected chi connectivity index (χ3v) is 4.13. The minimum atomic E-state index is -0.399. The van der Waals surface area contributed by atoms with Crippen LogP contribution in [0.15, 0.2) is 41.5 Å². The summed E-state index contributed by atoms with van der Waals surface area (Å²) in [6.07, 6.45) is 4.35. The Kier molecular flexibility index (Phi) is 2.69. The molecule has 1 aliphatic heterocycles. The van der Waals surface area contributed by atoms with E-state index in [1.54, 1.807) is 12.1 Å². The minimum absolute atomic E-state index is 0.0815. The molecule has 0 unspecified atom stereocenters. The van der Waals surface area contributed by atoms with Gasteiger partial charge in [-0.25, -0.2) is 4.99 Å². The fourth-order valence-corrected chi connectivity index (χ4v) is 2.84. The fraction of sp³-hybridized carbons (Fsp3) is 0.267. The van der Waals surface area contributed by atoms with Gasteiger partial charge in [-0.2, -0.15) is 0 Å². The summed E-state index contributed by atoms with van der Waals surface area (Å²) in [4.78, 5) is 14.8. The third-order valence-electron chi connectivity index (χ3n) is 4.13. The molecule has 0 spiro atoms. The summed E-state index contributed by atoms with van der Waals surface area (Å²) in [6, 6.07) is 9.03. The Morgan fingerprint density at radius 1 is 1.23 bits per heavy atom. The average Bonchev–Trinajstić information content (AvgIpc) is 3.25.